The molecule has 4 nitrogen and oxygen atoms in total. The van der Waals surface area contributed by atoms with Crippen LogP contribution in [0.15, 0.2) is 41.1 Å². The molecule has 2 aromatic rings. The van der Waals surface area contributed by atoms with Crippen molar-refractivity contribution in [2.45, 2.75) is 19.8 Å². The van der Waals surface area contributed by atoms with Gasteiger partial charge in [-0.15, -0.1) is 0 Å². The maximum atomic E-state index is 11.6. The highest BCUT2D eigenvalue weighted by atomic mass is 32.1. The monoisotopic (exact) mass is 303 g/mol. The van der Waals surface area contributed by atoms with Crippen LogP contribution < -0.4 is 5.32 Å². The summed E-state index contributed by atoms with van der Waals surface area (Å²) in [6.45, 7) is 1.72. The van der Waals surface area contributed by atoms with Crippen LogP contribution in [0.1, 0.15) is 17.5 Å². The highest BCUT2D eigenvalue weighted by molar-refractivity contribution is 7.07. The fraction of sp³-hybridized carbons (Fsp3) is 0.250. The van der Waals surface area contributed by atoms with Gasteiger partial charge >= 0.3 is 5.97 Å². The van der Waals surface area contributed by atoms with Crippen molar-refractivity contribution in [3.63, 3.8) is 0 Å². The third-order valence-corrected chi connectivity index (χ3v) is 3.63. The van der Waals surface area contributed by atoms with Gasteiger partial charge in [0.2, 0.25) is 0 Å². The van der Waals surface area contributed by atoms with Gasteiger partial charge in [0.25, 0.3) is 5.91 Å². The zero-order chi connectivity index (χ0) is 15.1. The van der Waals surface area contributed by atoms with Gasteiger partial charge in [0.1, 0.15) is 0 Å². The normalized spacial score (nSPS) is 10.1. The lowest BCUT2D eigenvalue weighted by atomic mass is 10.2. The van der Waals surface area contributed by atoms with E-state index in [-0.39, 0.29) is 24.9 Å². The zero-order valence-corrected chi connectivity index (χ0v) is 12.6. The number of amides is 1. The van der Waals surface area contributed by atoms with Crippen molar-refractivity contribution in [2.75, 3.05) is 11.9 Å². The van der Waals surface area contributed by atoms with E-state index in [4.69, 9.17) is 4.74 Å². The van der Waals surface area contributed by atoms with Crippen LogP contribution in [0.2, 0.25) is 0 Å². The van der Waals surface area contributed by atoms with E-state index in [1.54, 1.807) is 11.3 Å². The van der Waals surface area contributed by atoms with E-state index in [2.05, 4.69) is 5.32 Å². The van der Waals surface area contributed by atoms with Gasteiger partial charge in [0.05, 0.1) is 0 Å². The number of aryl methyl sites for hydroxylation is 2. The lowest BCUT2D eigenvalue weighted by Crippen LogP contribution is -2.21. The van der Waals surface area contributed by atoms with Crippen LogP contribution in [0.4, 0.5) is 5.69 Å². The summed E-state index contributed by atoms with van der Waals surface area (Å²) in [6.07, 6.45) is 0.927. The minimum atomic E-state index is -0.361. The summed E-state index contributed by atoms with van der Waals surface area (Å²) in [6, 6.07) is 9.41. The van der Waals surface area contributed by atoms with Crippen molar-refractivity contribution in [3.8, 4) is 0 Å². The molecule has 2 rings (SSSR count). The third kappa shape index (κ3) is 5.39. The Labute approximate surface area is 127 Å². The summed E-state index contributed by atoms with van der Waals surface area (Å²) in [5.41, 5.74) is 2.92. The third-order valence-electron chi connectivity index (χ3n) is 2.90. The number of hydrogen-bond acceptors (Lipinski definition) is 4. The standard InChI is InChI=1S/C16H17NO3S/c1-12-2-5-14(6-3-12)17-15(18)10-20-16(19)7-4-13-8-9-21-11-13/h2-3,5-6,8-9,11H,4,7,10H2,1H3,(H,17,18). The van der Waals surface area contributed by atoms with Crippen molar-refractivity contribution in [1.82, 2.24) is 0 Å². The molecule has 0 aliphatic carbocycles. The second-order valence-electron chi connectivity index (χ2n) is 4.71. The van der Waals surface area contributed by atoms with Crippen LogP contribution >= 0.6 is 11.3 Å². The molecule has 0 aliphatic rings. The summed E-state index contributed by atoms with van der Waals surface area (Å²) in [5, 5.41) is 6.65. The first kappa shape index (κ1) is 15.3. The molecule has 1 heterocycles. The first-order chi connectivity index (χ1) is 10.1. The Balaban J connectivity index is 1.68. The number of rotatable bonds is 6. The number of ether oxygens (including phenoxy) is 1. The first-order valence-corrected chi connectivity index (χ1v) is 7.61. The number of carbonyl (C=O) groups is 2. The number of anilines is 1. The van der Waals surface area contributed by atoms with Crippen molar-refractivity contribution in [3.05, 3.63) is 52.2 Å². The summed E-state index contributed by atoms with van der Waals surface area (Å²) >= 11 is 1.60. The molecule has 21 heavy (non-hydrogen) atoms. The summed E-state index contributed by atoms with van der Waals surface area (Å²) in [5.74, 6) is -0.692. The van der Waals surface area contributed by atoms with E-state index < -0.39 is 0 Å². The second-order valence-corrected chi connectivity index (χ2v) is 5.49. The molecule has 0 unspecified atom stereocenters. The van der Waals surface area contributed by atoms with Crippen LogP contribution in [-0.2, 0) is 20.7 Å². The lowest BCUT2D eigenvalue weighted by molar-refractivity contribution is -0.147. The molecular weight excluding hydrogens is 286 g/mol. The molecule has 0 atom stereocenters. The fourth-order valence-corrected chi connectivity index (χ4v) is 2.44. The Morgan fingerprint density at radius 1 is 1.19 bits per heavy atom. The Morgan fingerprint density at radius 3 is 2.62 bits per heavy atom. The number of esters is 1. The lowest BCUT2D eigenvalue weighted by Gasteiger charge is -2.06. The van der Waals surface area contributed by atoms with E-state index >= 15 is 0 Å². The molecule has 0 saturated carbocycles. The zero-order valence-electron chi connectivity index (χ0n) is 11.8. The molecule has 0 aliphatic heterocycles. The molecule has 0 fully saturated rings. The molecule has 1 aromatic heterocycles. The van der Waals surface area contributed by atoms with Crippen LogP contribution in [0.3, 0.4) is 0 Å². The molecule has 1 aromatic carbocycles. The first-order valence-electron chi connectivity index (χ1n) is 6.67. The minimum absolute atomic E-state index is 0.254. The Morgan fingerprint density at radius 2 is 1.95 bits per heavy atom. The summed E-state index contributed by atoms with van der Waals surface area (Å²) in [4.78, 5) is 23.2. The van der Waals surface area contributed by atoms with Gasteiger partial charge < -0.3 is 10.1 Å². The topological polar surface area (TPSA) is 55.4 Å². The Hall–Kier alpha value is -2.14. The van der Waals surface area contributed by atoms with Gasteiger partial charge in [0.15, 0.2) is 6.61 Å². The number of hydrogen-bond donors (Lipinski definition) is 1. The molecule has 1 N–H and O–H groups in total. The molecule has 5 heteroatoms. The highest BCUT2D eigenvalue weighted by Crippen LogP contribution is 2.10. The smallest absolute Gasteiger partial charge is 0.306 e. The Kier molecular flexibility index (Phi) is 5.51. The molecule has 110 valence electrons. The maximum Gasteiger partial charge on any atom is 0.306 e. The van der Waals surface area contributed by atoms with E-state index in [0.717, 1.165) is 11.1 Å². The van der Waals surface area contributed by atoms with E-state index in [1.807, 2.05) is 48.0 Å². The predicted octanol–water partition coefficient (Wildman–Crippen LogP) is 3.17. The second kappa shape index (κ2) is 7.59. The van der Waals surface area contributed by atoms with Crippen LogP contribution in [-0.4, -0.2) is 18.5 Å². The molecule has 0 radical (unpaired) electrons. The van der Waals surface area contributed by atoms with Crippen molar-refractivity contribution in [2.24, 2.45) is 0 Å². The quantitative estimate of drug-likeness (QED) is 0.834. The molecule has 0 spiro atoms. The molecular formula is C16H17NO3S. The maximum absolute atomic E-state index is 11.6. The number of thiophene rings is 1. The fourth-order valence-electron chi connectivity index (χ4n) is 1.73. The molecule has 1 amide bonds. The average Bonchev–Trinajstić information content (AvgIpc) is 2.99. The van der Waals surface area contributed by atoms with Gasteiger partial charge in [-0.3, -0.25) is 9.59 Å². The van der Waals surface area contributed by atoms with Crippen LogP contribution in [0.25, 0.3) is 0 Å². The largest absolute Gasteiger partial charge is 0.456 e. The van der Waals surface area contributed by atoms with Crippen molar-refractivity contribution >= 4 is 28.9 Å². The van der Waals surface area contributed by atoms with E-state index in [0.29, 0.717) is 12.1 Å². The van der Waals surface area contributed by atoms with Gasteiger partial charge in [-0.1, -0.05) is 17.7 Å². The van der Waals surface area contributed by atoms with Gasteiger partial charge in [-0.05, 0) is 47.9 Å². The Bertz CT molecular complexity index is 590. The average molecular weight is 303 g/mol. The summed E-state index contributed by atoms with van der Waals surface area (Å²) < 4.78 is 4.95. The number of carbonyl (C=O) groups excluding carboxylic acids is 2. The number of benzene rings is 1. The van der Waals surface area contributed by atoms with Gasteiger partial charge in [0, 0.05) is 12.1 Å². The molecule has 0 bridgehead atoms. The predicted molar refractivity (Wildman–Crippen MR) is 83.4 cm³/mol. The SMILES string of the molecule is Cc1ccc(NC(=O)COC(=O)CCc2ccsc2)cc1. The summed E-state index contributed by atoms with van der Waals surface area (Å²) in [7, 11) is 0. The van der Waals surface area contributed by atoms with Crippen LogP contribution in [0.5, 0.6) is 0 Å². The van der Waals surface area contributed by atoms with E-state index in [1.165, 1.54) is 0 Å². The van der Waals surface area contributed by atoms with Crippen molar-refractivity contribution in [1.29, 1.82) is 0 Å². The van der Waals surface area contributed by atoms with Crippen molar-refractivity contribution < 1.29 is 14.3 Å². The van der Waals surface area contributed by atoms with E-state index in [9.17, 15) is 9.59 Å². The molecule has 0 saturated heterocycles. The minimum Gasteiger partial charge on any atom is -0.456 e. The number of nitrogens with one attached hydrogen (secondary N) is 1. The highest BCUT2D eigenvalue weighted by Gasteiger charge is 2.08. The van der Waals surface area contributed by atoms with Gasteiger partial charge in [-0.2, -0.15) is 11.3 Å². The van der Waals surface area contributed by atoms with Crippen LogP contribution in [0, 0.1) is 6.92 Å². The van der Waals surface area contributed by atoms with Gasteiger partial charge in [-0.25, -0.2) is 0 Å².